The zero-order valence-electron chi connectivity index (χ0n) is 12.7. The van der Waals surface area contributed by atoms with Gasteiger partial charge in [0.1, 0.15) is 0 Å². The highest BCUT2D eigenvalue weighted by Gasteiger charge is 2.36. The number of amides is 2. The Bertz CT molecular complexity index is 709. The van der Waals surface area contributed by atoms with Crippen molar-refractivity contribution >= 4 is 34.7 Å². The average Bonchev–Trinajstić information content (AvgIpc) is 2.96. The van der Waals surface area contributed by atoms with Gasteiger partial charge in [-0.25, -0.2) is 4.79 Å². The molecular formula is C17H18ClN3OS. The second-order valence-electron chi connectivity index (χ2n) is 6.09. The summed E-state index contributed by atoms with van der Waals surface area (Å²) in [6.07, 6.45) is 1.14. The molecule has 1 N–H and O–H groups in total. The Balaban J connectivity index is 1.29. The van der Waals surface area contributed by atoms with Crippen LogP contribution in [0, 0.1) is 0 Å². The molecule has 2 aliphatic heterocycles. The van der Waals surface area contributed by atoms with Crippen molar-refractivity contribution in [2.24, 2.45) is 0 Å². The van der Waals surface area contributed by atoms with E-state index in [1.807, 2.05) is 28.4 Å². The van der Waals surface area contributed by atoms with Gasteiger partial charge in [-0.1, -0.05) is 11.6 Å². The summed E-state index contributed by atoms with van der Waals surface area (Å²) in [5.41, 5.74) is 2.24. The summed E-state index contributed by atoms with van der Waals surface area (Å²) in [6.45, 7) is 3.73. The van der Waals surface area contributed by atoms with E-state index in [1.165, 1.54) is 10.4 Å². The van der Waals surface area contributed by atoms with Crippen LogP contribution in [0.5, 0.6) is 0 Å². The minimum absolute atomic E-state index is 0.0307. The molecule has 120 valence electrons. The lowest BCUT2D eigenvalue weighted by Gasteiger charge is -2.46. The highest BCUT2D eigenvalue weighted by Crippen LogP contribution is 2.28. The minimum Gasteiger partial charge on any atom is -0.321 e. The zero-order valence-corrected chi connectivity index (χ0v) is 14.2. The first-order valence-electron chi connectivity index (χ1n) is 7.80. The van der Waals surface area contributed by atoms with Gasteiger partial charge < -0.3 is 10.2 Å². The van der Waals surface area contributed by atoms with Gasteiger partial charge in [0.05, 0.1) is 0 Å². The SMILES string of the molecule is O=C(Nc1ccc(Cl)cc1)N1CC(N2CCc3sccc3C2)C1. The molecule has 1 saturated heterocycles. The molecule has 0 atom stereocenters. The molecule has 2 amide bonds. The quantitative estimate of drug-likeness (QED) is 0.899. The highest BCUT2D eigenvalue weighted by atomic mass is 35.5. The van der Waals surface area contributed by atoms with E-state index in [0.717, 1.165) is 38.3 Å². The van der Waals surface area contributed by atoms with Gasteiger partial charge in [0, 0.05) is 47.8 Å². The van der Waals surface area contributed by atoms with Crippen molar-refractivity contribution in [3.8, 4) is 0 Å². The maximum atomic E-state index is 12.2. The van der Waals surface area contributed by atoms with Crippen LogP contribution in [-0.4, -0.2) is 41.5 Å². The summed E-state index contributed by atoms with van der Waals surface area (Å²) in [5, 5.41) is 5.77. The molecule has 0 bridgehead atoms. The van der Waals surface area contributed by atoms with Crippen LogP contribution in [0.15, 0.2) is 35.7 Å². The minimum atomic E-state index is -0.0307. The van der Waals surface area contributed by atoms with E-state index in [9.17, 15) is 4.79 Å². The van der Waals surface area contributed by atoms with Gasteiger partial charge in [-0.2, -0.15) is 0 Å². The molecule has 2 aliphatic rings. The van der Waals surface area contributed by atoms with E-state index in [0.29, 0.717) is 11.1 Å². The number of anilines is 1. The van der Waals surface area contributed by atoms with E-state index in [1.54, 1.807) is 12.1 Å². The van der Waals surface area contributed by atoms with E-state index in [2.05, 4.69) is 21.7 Å². The van der Waals surface area contributed by atoms with Gasteiger partial charge in [0.2, 0.25) is 0 Å². The van der Waals surface area contributed by atoms with Crippen LogP contribution in [0.1, 0.15) is 10.4 Å². The first-order chi connectivity index (χ1) is 11.2. The number of benzene rings is 1. The lowest BCUT2D eigenvalue weighted by Crippen LogP contribution is -2.62. The molecule has 1 aromatic heterocycles. The van der Waals surface area contributed by atoms with Gasteiger partial charge >= 0.3 is 6.03 Å². The number of fused-ring (bicyclic) bond motifs is 1. The molecule has 0 saturated carbocycles. The molecule has 0 unspecified atom stereocenters. The number of thiophene rings is 1. The number of nitrogens with one attached hydrogen (secondary N) is 1. The molecule has 4 nitrogen and oxygen atoms in total. The van der Waals surface area contributed by atoms with E-state index < -0.39 is 0 Å². The summed E-state index contributed by atoms with van der Waals surface area (Å²) in [7, 11) is 0. The maximum absolute atomic E-state index is 12.2. The van der Waals surface area contributed by atoms with Gasteiger partial charge in [-0.05, 0) is 47.7 Å². The fourth-order valence-corrected chi connectivity index (χ4v) is 4.19. The van der Waals surface area contributed by atoms with E-state index in [-0.39, 0.29) is 6.03 Å². The maximum Gasteiger partial charge on any atom is 0.321 e. The Kier molecular flexibility index (Phi) is 4.01. The van der Waals surface area contributed by atoms with Crippen LogP contribution in [0.3, 0.4) is 0 Å². The smallest absolute Gasteiger partial charge is 0.321 e. The van der Waals surface area contributed by atoms with Crippen LogP contribution in [0.25, 0.3) is 0 Å². The first-order valence-corrected chi connectivity index (χ1v) is 9.05. The first kappa shape index (κ1) is 15.0. The van der Waals surface area contributed by atoms with Crippen LogP contribution in [-0.2, 0) is 13.0 Å². The van der Waals surface area contributed by atoms with Crippen LogP contribution in [0.4, 0.5) is 10.5 Å². The second-order valence-corrected chi connectivity index (χ2v) is 7.52. The Morgan fingerprint density at radius 2 is 2.00 bits per heavy atom. The van der Waals surface area contributed by atoms with Crippen molar-refractivity contribution in [2.45, 2.75) is 19.0 Å². The molecule has 2 aromatic rings. The second kappa shape index (κ2) is 6.15. The molecule has 0 radical (unpaired) electrons. The Hall–Kier alpha value is -1.56. The van der Waals surface area contributed by atoms with Crippen LogP contribution < -0.4 is 5.32 Å². The monoisotopic (exact) mass is 347 g/mol. The Morgan fingerprint density at radius 1 is 1.22 bits per heavy atom. The van der Waals surface area contributed by atoms with Crippen molar-refractivity contribution in [2.75, 3.05) is 25.0 Å². The van der Waals surface area contributed by atoms with Crippen molar-refractivity contribution in [3.63, 3.8) is 0 Å². The fourth-order valence-electron chi connectivity index (χ4n) is 3.17. The molecule has 4 rings (SSSR count). The molecule has 1 fully saturated rings. The third-order valence-electron chi connectivity index (χ3n) is 4.60. The number of rotatable bonds is 2. The lowest BCUT2D eigenvalue weighted by molar-refractivity contribution is 0.0533. The van der Waals surface area contributed by atoms with Gasteiger partial charge in [0.25, 0.3) is 0 Å². The van der Waals surface area contributed by atoms with Crippen molar-refractivity contribution < 1.29 is 4.79 Å². The molecule has 23 heavy (non-hydrogen) atoms. The van der Waals surface area contributed by atoms with E-state index in [4.69, 9.17) is 11.6 Å². The number of halogens is 1. The van der Waals surface area contributed by atoms with Crippen molar-refractivity contribution in [1.29, 1.82) is 0 Å². The summed E-state index contributed by atoms with van der Waals surface area (Å²) in [6, 6.07) is 9.89. The summed E-state index contributed by atoms with van der Waals surface area (Å²) in [4.78, 5) is 18.1. The molecule has 3 heterocycles. The van der Waals surface area contributed by atoms with Gasteiger partial charge in [0.15, 0.2) is 0 Å². The number of likely N-dealkylation sites (tertiary alicyclic amines) is 1. The summed E-state index contributed by atoms with van der Waals surface area (Å²) < 4.78 is 0. The van der Waals surface area contributed by atoms with Crippen LogP contribution >= 0.6 is 22.9 Å². The average molecular weight is 348 g/mol. The number of carbonyl (C=O) groups is 1. The normalized spacial score (nSPS) is 18.4. The Morgan fingerprint density at radius 3 is 2.78 bits per heavy atom. The zero-order chi connectivity index (χ0) is 15.8. The number of urea groups is 1. The predicted octanol–water partition coefficient (Wildman–Crippen LogP) is 3.68. The van der Waals surface area contributed by atoms with Crippen molar-refractivity contribution in [1.82, 2.24) is 9.80 Å². The van der Waals surface area contributed by atoms with Crippen LogP contribution in [0.2, 0.25) is 5.02 Å². The number of hydrogen-bond donors (Lipinski definition) is 1. The molecule has 6 heteroatoms. The Labute approximate surface area is 144 Å². The number of carbonyl (C=O) groups excluding carboxylic acids is 1. The highest BCUT2D eigenvalue weighted by molar-refractivity contribution is 7.10. The number of nitrogens with zero attached hydrogens (tertiary/aromatic N) is 2. The standard InChI is InChI=1S/C17H18ClN3OS/c18-13-1-3-14(4-2-13)19-17(22)21-10-15(11-21)20-7-5-16-12(9-20)6-8-23-16/h1-4,6,8,15H,5,7,9-11H2,(H,19,22). The third-order valence-corrected chi connectivity index (χ3v) is 5.87. The molecule has 1 aromatic carbocycles. The summed E-state index contributed by atoms with van der Waals surface area (Å²) >= 11 is 7.72. The van der Waals surface area contributed by atoms with E-state index >= 15 is 0 Å². The van der Waals surface area contributed by atoms with Crippen molar-refractivity contribution in [3.05, 3.63) is 51.2 Å². The molecule has 0 spiro atoms. The van der Waals surface area contributed by atoms with Gasteiger partial charge in [-0.3, -0.25) is 4.90 Å². The largest absolute Gasteiger partial charge is 0.321 e. The summed E-state index contributed by atoms with van der Waals surface area (Å²) in [5.74, 6) is 0. The number of hydrogen-bond acceptors (Lipinski definition) is 3. The lowest BCUT2D eigenvalue weighted by atomic mass is 10.0. The molecule has 0 aliphatic carbocycles. The fraction of sp³-hybridized carbons (Fsp3) is 0.353. The van der Waals surface area contributed by atoms with Gasteiger partial charge in [-0.15, -0.1) is 11.3 Å². The topological polar surface area (TPSA) is 35.6 Å². The third kappa shape index (κ3) is 3.09. The predicted molar refractivity (Wildman–Crippen MR) is 94.3 cm³/mol. The molecular weight excluding hydrogens is 330 g/mol.